The lowest BCUT2D eigenvalue weighted by Gasteiger charge is -2.33. The third kappa shape index (κ3) is 2.33. The molecule has 2 aromatic carbocycles. The van der Waals surface area contributed by atoms with Crippen molar-refractivity contribution in [3.8, 4) is 0 Å². The second kappa shape index (κ2) is 6.28. The Bertz CT molecular complexity index is 1420. The van der Waals surface area contributed by atoms with Crippen molar-refractivity contribution in [1.29, 1.82) is 0 Å². The summed E-state index contributed by atoms with van der Waals surface area (Å²) in [5.41, 5.74) is 2.96. The van der Waals surface area contributed by atoms with Crippen LogP contribution in [0.2, 0.25) is 0 Å². The van der Waals surface area contributed by atoms with Gasteiger partial charge in [-0.2, -0.15) is 5.10 Å². The fraction of sp³-hybridized carbons (Fsp3) is 0.136. The molecule has 4 heterocycles. The Morgan fingerprint density at radius 3 is 2.80 bits per heavy atom. The van der Waals surface area contributed by atoms with E-state index in [9.17, 15) is 4.79 Å². The zero-order valence-electron chi connectivity index (χ0n) is 15.7. The van der Waals surface area contributed by atoms with Crippen LogP contribution >= 0.6 is 0 Å². The number of nitrogens with one attached hydrogen (secondary N) is 2. The van der Waals surface area contributed by atoms with Gasteiger partial charge in [0.05, 0.1) is 22.9 Å². The topological polar surface area (TPSA) is 90.8 Å². The SMILES string of the molecule is O=C(c1n[nH]c2ccccc12)N1CCc2[nH]cnc2[C@@H]1c1oc2ccccc2c1F. The van der Waals surface area contributed by atoms with Crippen LogP contribution in [0.3, 0.4) is 0 Å². The third-order valence-electron chi connectivity index (χ3n) is 5.67. The van der Waals surface area contributed by atoms with Gasteiger partial charge in [0.15, 0.2) is 17.3 Å². The van der Waals surface area contributed by atoms with Gasteiger partial charge in [-0.25, -0.2) is 9.37 Å². The molecular weight excluding hydrogens is 385 g/mol. The first-order chi connectivity index (χ1) is 14.7. The Balaban J connectivity index is 1.52. The Hall–Kier alpha value is -3.94. The summed E-state index contributed by atoms with van der Waals surface area (Å²) in [7, 11) is 0. The number of amides is 1. The Morgan fingerprint density at radius 2 is 1.93 bits per heavy atom. The molecule has 1 aliphatic rings. The molecule has 0 fully saturated rings. The highest BCUT2D eigenvalue weighted by Gasteiger charge is 2.40. The van der Waals surface area contributed by atoms with Gasteiger partial charge in [-0.05, 0) is 18.2 Å². The number of rotatable bonds is 2. The van der Waals surface area contributed by atoms with Crippen molar-refractivity contribution in [3.05, 3.63) is 83.5 Å². The molecule has 148 valence electrons. The highest BCUT2D eigenvalue weighted by Crippen LogP contribution is 2.39. The monoisotopic (exact) mass is 401 g/mol. The number of hydrogen-bond donors (Lipinski definition) is 2. The van der Waals surface area contributed by atoms with Crippen LogP contribution in [0.1, 0.15) is 33.7 Å². The number of carbonyl (C=O) groups excluding carboxylic acids is 1. The van der Waals surface area contributed by atoms with Crippen LogP contribution in [0.25, 0.3) is 21.9 Å². The maximum absolute atomic E-state index is 15.4. The van der Waals surface area contributed by atoms with Gasteiger partial charge in [-0.15, -0.1) is 0 Å². The van der Waals surface area contributed by atoms with Gasteiger partial charge >= 0.3 is 0 Å². The molecule has 0 spiro atoms. The highest BCUT2D eigenvalue weighted by atomic mass is 19.1. The van der Waals surface area contributed by atoms with Crippen LogP contribution < -0.4 is 0 Å². The summed E-state index contributed by atoms with van der Waals surface area (Å²) in [5.74, 6) is -0.695. The van der Waals surface area contributed by atoms with Crippen LogP contribution in [0.5, 0.6) is 0 Å². The molecule has 7 nitrogen and oxygen atoms in total. The number of aromatic amines is 2. The molecule has 5 aromatic rings. The van der Waals surface area contributed by atoms with Gasteiger partial charge in [0.1, 0.15) is 11.6 Å². The van der Waals surface area contributed by atoms with Crippen molar-refractivity contribution >= 4 is 27.8 Å². The Kier molecular flexibility index (Phi) is 3.55. The molecule has 6 rings (SSSR count). The third-order valence-corrected chi connectivity index (χ3v) is 5.67. The number of fused-ring (bicyclic) bond motifs is 3. The molecule has 1 amide bonds. The van der Waals surface area contributed by atoms with Crippen molar-refractivity contribution in [1.82, 2.24) is 25.1 Å². The number of H-pyrrole nitrogens is 2. The van der Waals surface area contributed by atoms with Crippen LogP contribution in [0, 0.1) is 5.82 Å². The van der Waals surface area contributed by atoms with E-state index >= 15 is 4.39 Å². The second-order valence-electron chi connectivity index (χ2n) is 7.31. The summed E-state index contributed by atoms with van der Waals surface area (Å²) in [5, 5.41) is 8.24. The lowest BCUT2D eigenvalue weighted by Crippen LogP contribution is -2.41. The minimum absolute atomic E-state index is 0.0810. The van der Waals surface area contributed by atoms with Gasteiger partial charge < -0.3 is 14.3 Å². The average molecular weight is 401 g/mol. The molecule has 0 saturated carbocycles. The largest absolute Gasteiger partial charge is 0.455 e. The van der Waals surface area contributed by atoms with E-state index in [2.05, 4.69) is 20.2 Å². The van der Waals surface area contributed by atoms with Crippen LogP contribution in [0.4, 0.5) is 4.39 Å². The first-order valence-corrected chi connectivity index (χ1v) is 9.65. The number of halogens is 1. The van der Waals surface area contributed by atoms with Gasteiger partial charge in [0.25, 0.3) is 5.91 Å². The molecule has 3 aromatic heterocycles. The van der Waals surface area contributed by atoms with E-state index in [0.29, 0.717) is 35.3 Å². The number of hydrogen-bond acceptors (Lipinski definition) is 4. The standard InChI is InChI=1S/C22H16FN5O2/c23-17-13-6-2-4-8-16(13)30-21(17)20-19-15(24-11-25-19)9-10-28(20)22(29)18-12-5-1-3-7-14(12)26-27-18/h1-8,11,20H,9-10H2,(H,24,25)(H,26,27)/t20-/m1/s1. The molecule has 0 saturated heterocycles. The predicted octanol–water partition coefficient (Wildman–Crippen LogP) is 3.96. The molecule has 1 aliphatic heterocycles. The van der Waals surface area contributed by atoms with Crippen molar-refractivity contribution in [3.63, 3.8) is 0 Å². The highest BCUT2D eigenvalue weighted by molar-refractivity contribution is 6.05. The molecule has 0 aliphatic carbocycles. The zero-order valence-corrected chi connectivity index (χ0v) is 15.7. The van der Waals surface area contributed by atoms with E-state index in [1.165, 1.54) is 0 Å². The van der Waals surface area contributed by atoms with Gasteiger partial charge in [-0.3, -0.25) is 9.89 Å². The molecule has 2 N–H and O–H groups in total. The summed E-state index contributed by atoms with van der Waals surface area (Å²) in [6.45, 7) is 0.385. The van der Waals surface area contributed by atoms with E-state index in [0.717, 1.165) is 16.6 Å². The van der Waals surface area contributed by atoms with E-state index in [-0.39, 0.29) is 11.7 Å². The fourth-order valence-electron chi connectivity index (χ4n) is 4.23. The number of para-hydroxylation sites is 2. The minimum atomic E-state index is -0.782. The summed E-state index contributed by atoms with van der Waals surface area (Å²) in [6, 6.07) is 13.6. The Morgan fingerprint density at radius 1 is 1.13 bits per heavy atom. The molecular formula is C22H16FN5O2. The minimum Gasteiger partial charge on any atom is -0.455 e. The first-order valence-electron chi connectivity index (χ1n) is 9.65. The maximum atomic E-state index is 15.4. The molecule has 30 heavy (non-hydrogen) atoms. The maximum Gasteiger partial charge on any atom is 0.275 e. The van der Waals surface area contributed by atoms with Crippen LogP contribution in [0.15, 0.2) is 59.3 Å². The number of nitrogens with zero attached hydrogens (tertiary/aromatic N) is 3. The summed E-state index contributed by atoms with van der Waals surface area (Å²) < 4.78 is 21.3. The van der Waals surface area contributed by atoms with Gasteiger partial charge in [-0.1, -0.05) is 30.3 Å². The number of imidazole rings is 1. The number of benzene rings is 2. The molecule has 0 unspecified atom stereocenters. The molecule has 0 radical (unpaired) electrons. The smallest absolute Gasteiger partial charge is 0.275 e. The first kappa shape index (κ1) is 17.0. The van der Waals surface area contributed by atoms with Gasteiger partial charge in [0, 0.05) is 24.0 Å². The van der Waals surface area contributed by atoms with E-state index in [1.54, 1.807) is 35.5 Å². The second-order valence-corrected chi connectivity index (χ2v) is 7.31. The van der Waals surface area contributed by atoms with E-state index < -0.39 is 11.9 Å². The fourth-order valence-corrected chi connectivity index (χ4v) is 4.23. The normalized spacial score (nSPS) is 16.3. The average Bonchev–Trinajstić information content (AvgIpc) is 3.50. The van der Waals surface area contributed by atoms with Crippen molar-refractivity contribution in [2.45, 2.75) is 12.5 Å². The van der Waals surface area contributed by atoms with Gasteiger partial charge in [0.2, 0.25) is 0 Å². The molecule has 0 bridgehead atoms. The van der Waals surface area contributed by atoms with Crippen LogP contribution in [-0.4, -0.2) is 37.5 Å². The zero-order chi connectivity index (χ0) is 20.2. The molecule has 8 heteroatoms. The summed E-state index contributed by atoms with van der Waals surface area (Å²) in [6.07, 6.45) is 2.15. The van der Waals surface area contributed by atoms with E-state index in [1.807, 2.05) is 24.3 Å². The summed E-state index contributed by atoms with van der Waals surface area (Å²) in [4.78, 5) is 22.6. The predicted molar refractivity (Wildman–Crippen MR) is 107 cm³/mol. The van der Waals surface area contributed by atoms with Crippen molar-refractivity contribution in [2.75, 3.05) is 6.54 Å². The molecule has 1 atom stereocenters. The van der Waals surface area contributed by atoms with Crippen molar-refractivity contribution in [2.24, 2.45) is 0 Å². The number of furan rings is 1. The lowest BCUT2D eigenvalue weighted by molar-refractivity contribution is 0.0664. The van der Waals surface area contributed by atoms with Crippen LogP contribution in [-0.2, 0) is 6.42 Å². The van der Waals surface area contributed by atoms with Crippen molar-refractivity contribution < 1.29 is 13.6 Å². The number of aromatic nitrogens is 4. The summed E-state index contributed by atoms with van der Waals surface area (Å²) >= 11 is 0. The Labute approximate surface area is 169 Å². The number of carbonyl (C=O) groups is 1. The quantitative estimate of drug-likeness (QED) is 0.468. The lowest BCUT2D eigenvalue weighted by atomic mass is 9.99. The van der Waals surface area contributed by atoms with E-state index in [4.69, 9.17) is 4.42 Å².